The standard InChI is InChI=1S/C18H19ClFN/c1-21-18(16-9-8-15(20)11-17(16)19)14-7-6-12-4-2-3-5-13(12)10-14/h6-11,18,21H,2-5H2,1H3. The molecule has 1 aliphatic carbocycles. The lowest BCUT2D eigenvalue weighted by molar-refractivity contribution is 0.623. The molecule has 0 amide bonds. The Morgan fingerprint density at radius 1 is 1.05 bits per heavy atom. The zero-order chi connectivity index (χ0) is 14.8. The van der Waals surface area contributed by atoms with Crippen molar-refractivity contribution in [3.63, 3.8) is 0 Å². The van der Waals surface area contributed by atoms with Gasteiger partial charge in [0, 0.05) is 5.02 Å². The fourth-order valence-electron chi connectivity index (χ4n) is 3.17. The lowest BCUT2D eigenvalue weighted by atomic mass is 9.88. The van der Waals surface area contributed by atoms with Gasteiger partial charge in [-0.1, -0.05) is 35.9 Å². The summed E-state index contributed by atoms with van der Waals surface area (Å²) in [5.41, 5.74) is 5.00. The summed E-state index contributed by atoms with van der Waals surface area (Å²) in [5.74, 6) is -0.302. The first kappa shape index (κ1) is 14.6. The van der Waals surface area contributed by atoms with Crippen molar-refractivity contribution in [2.45, 2.75) is 31.7 Å². The van der Waals surface area contributed by atoms with Crippen molar-refractivity contribution in [2.75, 3.05) is 7.05 Å². The highest BCUT2D eigenvalue weighted by atomic mass is 35.5. The van der Waals surface area contributed by atoms with E-state index in [1.54, 1.807) is 6.07 Å². The van der Waals surface area contributed by atoms with Crippen LogP contribution >= 0.6 is 11.6 Å². The maximum Gasteiger partial charge on any atom is 0.124 e. The molecule has 1 nitrogen and oxygen atoms in total. The van der Waals surface area contributed by atoms with Crippen molar-refractivity contribution in [2.24, 2.45) is 0 Å². The van der Waals surface area contributed by atoms with Crippen LogP contribution in [-0.2, 0) is 12.8 Å². The van der Waals surface area contributed by atoms with Gasteiger partial charge in [0.1, 0.15) is 5.82 Å². The number of hydrogen-bond donors (Lipinski definition) is 1. The quantitative estimate of drug-likeness (QED) is 0.869. The SMILES string of the molecule is CNC(c1ccc2c(c1)CCCC2)c1ccc(F)cc1Cl. The molecule has 0 aromatic heterocycles. The Morgan fingerprint density at radius 2 is 1.81 bits per heavy atom. The molecule has 0 heterocycles. The molecule has 3 rings (SSSR count). The molecule has 0 spiro atoms. The van der Waals surface area contributed by atoms with Crippen LogP contribution < -0.4 is 5.32 Å². The third-order valence-electron chi connectivity index (χ3n) is 4.27. The molecule has 110 valence electrons. The molecule has 1 atom stereocenters. The average molecular weight is 304 g/mol. The van der Waals surface area contributed by atoms with Crippen LogP contribution in [0.2, 0.25) is 5.02 Å². The van der Waals surface area contributed by atoms with Gasteiger partial charge in [0.05, 0.1) is 6.04 Å². The van der Waals surface area contributed by atoms with Gasteiger partial charge in [-0.3, -0.25) is 0 Å². The van der Waals surface area contributed by atoms with E-state index in [4.69, 9.17) is 11.6 Å². The van der Waals surface area contributed by atoms with Crippen LogP contribution in [-0.4, -0.2) is 7.05 Å². The van der Waals surface area contributed by atoms with Gasteiger partial charge in [-0.2, -0.15) is 0 Å². The number of benzene rings is 2. The number of halogens is 2. The summed E-state index contributed by atoms with van der Waals surface area (Å²) in [7, 11) is 1.91. The predicted molar refractivity (Wildman–Crippen MR) is 85.4 cm³/mol. The maximum absolute atomic E-state index is 13.2. The highest BCUT2D eigenvalue weighted by Gasteiger charge is 2.18. The van der Waals surface area contributed by atoms with Crippen molar-refractivity contribution in [3.8, 4) is 0 Å². The highest BCUT2D eigenvalue weighted by molar-refractivity contribution is 6.31. The number of rotatable bonds is 3. The Morgan fingerprint density at radius 3 is 2.52 bits per heavy atom. The Kier molecular flexibility index (Phi) is 4.27. The molecule has 0 bridgehead atoms. The number of nitrogens with one attached hydrogen (secondary N) is 1. The first-order valence-corrected chi connectivity index (χ1v) is 7.81. The molecule has 1 unspecified atom stereocenters. The van der Waals surface area contributed by atoms with E-state index in [1.165, 1.54) is 48.1 Å². The zero-order valence-corrected chi connectivity index (χ0v) is 12.9. The molecule has 1 aliphatic rings. The Labute approximate surface area is 130 Å². The van der Waals surface area contributed by atoms with E-state index in [0.29, 0.717) is 5.02 Å². The molecular weight excluding hydrogens is 285 g/mol. The molecular formula is C18H19ClFN. The van der Waals surface area contributed by atoms with Gasteiger partial charge in [-0.05, 0) is 67.1 Å². The molecule has 0 radical (unpaired) electrons. The second-order valence-corrected chi connectivity index (χ2v) is 6.03. The molecule has 2 aromatic rings. The maximum atomic E-state index is 13.2. The van der Waals surface area contributed by atoms with Crippen molar-refractivity contribution in [1.82, 2.24) is 5.32 Å². The van der Waals surface area contributed by atoms with Gasteiger partial charge in [0.2, 0.25) is 0 Å². The van der Waals surface area contributed by atoms with Gasteiger partial charge in [-0.15, -0.1) is 0 Å². The van der Waals surface area contributed by atoms with Gasteiger partial charge in [-0.25, -0.2) is 4.39 Å². The van der Waals surface area contributed by atoms with Crippen LogP contribution in [0, 0.1) is 5.82 Å². The first-order chi connectivity index (χ1) is 10.2. The summed E-state index contributed by atoms with van der Waals surface area (Å²) in [5, 5.41) is 3.76. The summed E-state index contributed by atoms with van der Waals surface area (Å²) >= 11 is 6.22. The summed E-state index contributed by atoms with van der Waals surface area (Å²) in [6.45, 7) is 0. The second-order valence-electron chi connectivity index (χ2n) is 5.62. The van der Waals surface area contributed by atoms with Crippen LogP contribution in [0.15, 0.2) is 36.4 Å². The summed E-state index contributed by atoms with van der Waals surface area (Å²) in [4.78, 5) is 0. The smallest absolute Gasteiger partial charge is 0.124 e. The van der Waals surface area contributed by atoms with Crippen molar-refractivity contribution < 1.29 is 4.39 Å². The van der Waals surface area contributed by atoms with E-state index < -0.39 is 0 Å². The second kappa shape index (κ2) is 6.17. The van der Waals surface area contributed by atoms with E-state index in [-0.39, 0.29) is 11.9 Å². The largest absolute Gasteiger partial charge is 0.309 e. The van der Waals surface area contributed by atoms with E-state index in [9.17, 15) is 4.39 Å². The monoisotopic (exact) mass is 303 g/mol. The number of aryl methyl sites for hydroxylation is 2. The molecule has 21 heavy (non-hydrogen) atoms. The van der Waals surface area contributed by atoms with Crippen molar-refractivity contribution >= 4 is 11.6 Å². The molecule has 0 saturated heterocycles. The molecule has 0 aliphatic heterocycles. The fraction of sp³-hybridized carbons (Fsp3) is 0.333. The van der Waals surface area contributed by atoms with E-state index in [0.717, 1.165) is 12.0 Å². The van der Waals surface area contributed by atoms with Crippen LogP contribution in [0.4, 0.5) is 4.39 Å². The lowest BCUT2D eigenvalue weighted by Crippen LogP contribution is -2.19. The fourth-order valence-corrected chi connectivity index (χ4v) is 3.45. The average Bonchev–Trinajstić information content (AvgIpc) is 2.50. The molecule has 3 heteroatoms. The molecule has 1 N–H and O–H groups in total. The van der Waals surface area contributed by atoms with E-state index in [1.807, 2.05) is 7.05 Å². The molecule has 0 fully saturated rings. The van der Waals surface area contributed by atoms with Crippen LogP contribution in [0.5, 0.6) is 0 Å². The Balaban J connectivity index is 1.99. The minimum absolute atomic E-state index is 0.00896. The summed E-state index contributed by atoms with van der Waals surface area (Å²) in [6.07, 6.45) is 4.87. The molecule has 0 saturated carbocycles. The van der Waals surface area contributed by atoms with Crippen LogP contribution in [0.25, 0.3) is 0 Å². The Bertz CT molecular complexity index is 654. The van der Waals surface area contributed by atoms with E-state index >= 15 is 0 Å². The van der Waals surface area contributed by atoms with Crippen molar-refractivity contribution in [3.05, 3.63) is 69.5 Å². The minimum atomic E-state index is -0.302. The summed E-state index contributed by atoms with van der Waals surface area (Å²) in [6, 6.07) is 11.2. The number of hydrogen-bond acceptors (Lipinski definition) is 1. The Hall–Kier alpha value is -1.38. The van der Waals surface area contributed by atoms with Gasteiger partial charge >= 0.3 is 0 Å². The third kappa shape index (κ3) is 2.97. The highest BCUT2D eigenvalue weighted by Crippen LogP contribution is 2.31. The minimum Gasteiger partial charge on any atom is -0.309 e. The van der Waals surface area contributed by atoms with Crippen LogP contribution in [0.3, 0.4) is 0 Å². The van der Waals surface area contributed by atoms with Gasteiger partial charge in [0.25, 0.3) is 0 Å². The molecule has 2 aromatic carbocycles. The first-order valence-electron chi connectivity index (χ1n) is 7.43. The van der Waals surface area contributed by atoms with E-state index in [2.05, 4.69) is 23.5 Å². The topological polar surface area (TPSA) is 12.0 Å². The van der Waals surface area contributed by atoms with Gasteiger partial charge < -0.3 is 5.32 Å². The van der Waals surface area contributed by atoms with Crippen molar-refractivity contribution in [1.29, 1.82) is 0 Å². The van der Waals surface area contributed by atoms with Crippen LogP contribution in [0.1, 0.15) is 41.1 Å². The van der Waals surface area contributed by atoms with Gasteiger partial charge in [0.15, 0.2) is 0 Å². The number of fused-ring (bicyclic) bond motifs is 1. The normalized spacial score (nSPS) is 15.6. The summed E-state index contributed by atoms with van der Waals surface area (Å²) < 4.78 is 13.2. The third-order valence-corrected chi connectivity index (χ3v) is 4.60. The zero-order valence-electron chi connectivity index (χ0n) is 12.1. The predicted octanol–water partition coefficient (Wildman–Crippen LogP) is 4.67. The lowest BCUT2D eigenvalue weighted by Gasteiger charge is -2.22.